The van der Waals surface area contributed by atoms with Gasteiger partial charge in [0.2, 0.25) is 0 Å². The first-order valence-corrected chi connectivity index (χ1v) is 6.21. The lowest BCUT2D eigenvalue weighted by Crippen LogP contribution is -2.39. The summed E-state index contributed by atoms with van der Waals surface area (Å²) in [5.41, 5.74) is 0.904. The van der Waals surface area contributed by atoms with Crippen molar-refractivity contribution in [1.82, 2.24) is 5.32 Å². The number of halogens is 3. The minimum Gasteiger partial charge on any atom is -0.493 e. The Kier molecular flexibility index (Phi) is 3.71. The number of fused-ring (bicyclic) bond motifs is 1. The Morgan fingerprint density at radius 2 is 2.06 bits per heavy atom. The number of ether oxygens (including phenoxy) is 1. The quantitative estimate of drug-likeness (QED) is 0.809. The second kappa shape index (κ2) is 4.92. The molecule has 92 valence electrons. The molecule has 0 fully saturated rings. The van der Waals surface area contributed by atoms with E-state index in [-0.39, 0.29) is 6.04 Å². The summed E-state index contributed by atoms with van der Waals surface area (Å²) >= 11 is 16.6. The van der Waals surface area contributed by atoms with Gasteiger partial charge in [-0.3, -0.25) is 4.79 Å². The average Bonchev–Trinajstić information content (AvgIpc) is 2.28. The smallest absolute Gasteiger partial charge is 0.272 e. The van der Waals surface area contributed by atoms with Gasteiger partial charge in [0.1, 0.15) is 5.75 Å². The Morgan fingerprint density at radius 3 is 2.76 bits per heavy atom. The molecule has 1 atom stereocenters. The Hall–Kier alpha value is -0.640. The second-order valence-electron chi connectivity index (χ2n) is 3.70. The van der Waals surface area contributed by atoms with Gasteiger partial charge in [-0.25, -0.2) is 0 Å². The molecular weight excluding hydrogens is 284 g/mol. The molecule has 0 saturated carbocycles. The second-order valence-corrected chi connectivity index (χ2v) is 5.98. The Balaban J connectivity index is 2.17. The molecule has 1 N–H and O–H groups in total. The summed E-state index contributed by atoms with van der Waals surface area (Å²) in [4.78, 5) is 11.6. The largest absolute Gasteiger partial charge is 0.493 e. The molecule has 1 heterocycles. The molecule has 0 radical (unpaired) electrons. The monoisotopic (exact) mass is 293 g/mol. The van der Waals surface area contributed by atoms with Crippen LogP contribution in [-0.2, 0) is 4.79 Å². The highest BCUT2D eigenvalue weighted by Crippen LogP contribution is 2.33. The van der Waals surface area contributed by atoms with Gasteiger partial charge in [0.15, 0.2) is 0 Å². The van der Waals surface area contributed by atoms with Crippen LogP contribution in [0.25, 0.3) is 0 Å². The van der Waals surface area contributed by atoms with E-state index >= 15 is 0 Å². The fourth-order valence-electron chi connectivity index (χ4n) is 1.73. The maximum Gasteiger partial charge on any atom is 0.272 e. The van der Waals surface area contributed by atoms with Crippen LogP contribution < -0.4 is 10.1 Å². The van der Waals surface area contributed by atoms with Crippen LogP contribution in [-0.4, -0.2) is 16.3 Å². The van der Waals surface area contributed by atoms with Crippen molar-refractivity contribution in [3.63, 3.8) is 0 Å². The molecule has 0 saturated heterocycles. The molecule has 1 aromatic rings. The van der Waals surface area contributed by atoms with Crippen molar-refractivity contribution in [2.24, 2.45) is 0 Å². The third kappa shape index (κ3) is 2.97. The predicted molar refractivity (Wildman–Crippen MR) is 67.7 cm³/mol. The number of carbonyl (C=O) groups excluding carboxylic acids is 1. The molecule has 0 bridgehead atoms. The van der Waals surface area contributed by atoms with Crippen LogP contribution in [0.15, 0.2) is 24.3 Å². The number of hydrogen-bond donors (Lipinski definition) is 1. The van der Waals surface area contributed by atoms with Crippen LogP contribution in [0.2, 0.25) is 0 Å². The van der Waals surface area contributed by atoms with E-state index in [2.05, 4.69) is 5.32 Å². The number of benzene rings is 1. The number of rotatable bonds is 1. The van der Waals surface area contributed by atoms with Crippen molar-refractivity contribution in [3.05, 3.63) is 29.8 Å². The van der Waals surface area contributed by atoms with Crippen molar-refractivity contribution in [2.75, 3.05) is 6.61 Å². The van der Waals surface area contributed by atoms with Gasteiger partial charge in [0, 0.05) is 12.0 Å². The summed E-state index contributed by atoms with van der Waals surface area (Å²) in [5.74, 6) is 0.137. The van der Waals surface area contributed by atoms with Gasteiger partial charge < -0.3 is 10.1 Å². The molecule has 6 heteroatoms. The minimum atomic E-state index is -1.94. The Morgan fingerprint density at radius 1 is 1.35 bits per heavy atom. The SMILES string of the molecule is O=C(NC1CCOc2ccccc21)C(Cl)(Cl)Cl. The summed E-state index contributed by atoms with van der Waals surface area (Å²) in [7, 11) is 0. The van der Waals surface area contributed by atoms with Gasteiger partial charge in [0.25, 0.3) is 9.70 Å². The van der Waals surface area contributed by atoms with Gasteiger partial charge >= 0.3 is 0 Å². The van der Waals surface area contributed by atoms with Gasteiger partial charge in [0.05, 0.1) is 12.6 Å². The molecule has 0 spiro atoms. The third-order valence-electron chi connectivity index (χ3n) is 2.52. The molecule has 0 aliphatic carbocycles. The third-order valence-corrected chi connectivity index (χ3v) is 3.04. The Labute approximate surface area is 114 Å². The van der Waals surface area contributed by atoms with Crippen molar-refractivity contribution in [3.8, 4) is 5.75 Å². The van der Waals surface area contributed by atoms with E-state index in [1.54, 1.807) is 0 Å². The molecule has 0 aromatic heterocycles. The van der Waals surface area contributed by atoms with Crippen LogP contribution in [0.5, 0.6) is 5.75 Å². The maximum absolute atomic E-state index is 11.6. The molecular formula is C11H10Cl3NO2. The lowest BCUT2D eigenvalue weighted by atomic mass is 10.0. The molecule has 2 rings (SSSR count). The lowest BCUT2D eigenvalue weighted by Gasteiger charge is -2.27. The molecule has 17 heavy (non-hydrogen) atoms. The van der Waals surface area contributed by atoms with Gasteiger partial charge in [-0.15, -0.1) is 0 Å². The fourth-order valence-corrected chi connectivity index (χ4v) is 1.90. The van der Waals surface area contributed by atoms with Crippen molar-refractivity contribution in [2.45, 2.75) is 16.3 Å². The zero-order valence-corrected chi connectivity index (χ0v) is 11.0. The van der Waals surface area contributed by atoms with Gasteiger partial charge in [-0.1, -0.05) is 53.0 Å². The van der Waals surface area contributed by atoms with E-state index in [1.807, 2.05) is 24.3 Å². The number of alkyl halides is 3. The minimum absolute atomic E-state index is 0.178. The first kappa shape index (κ1) is 12.8. The van der Waals surface area contributed by atoms with Crippen LogP contribution >= 0.6 is 34.8 Å². The summed E-state index contributed by atoms with van der Waals surface area (Å²) < 4.78 is 3.53. The highest BCUT2D eigenvalue weighted by molar-refractivity contribution is 6.76. The van der Waals surface area contributed by atoms with E-state index < -0.39 is 9.70 Å². The van der Waals surface area contributed by atoms with E-state index in [9.17, 15) is 4.79 Å². The van der Waals surface area contributed by atoms with Gasteiger partial charge in [-0.2, -0.15) is 0 Å². The average molecular weight is 295 g/mol. The summed E-state index contributed by atoms with van der Waals surface area (Å²) in [6.45, 7) is 0.530. The van der Waals surface area contributed by atoms with E-state index in [4.69, 9.17) is 39.5 Å². The Bertz CT molecular complexity index is 431. The highest BCUT2D eigenvalue weighted by Gasteiger charge is 2.33. The van der Waals surface area contributed by atoms with Crippen molar-refractivity contribution < 1.29 is 9.53 Å². The summed E-state index contributed by atoms with van der Waals surface area (Å²) in [6.07, 6.45) is 0.656. The fraction of sp³-hybridized carbons (Fsp3) is 0.364. The molecule has 3 nitrogen and oxygen atoms in total. The molecule has 1 aromatic carbocycles. The van der Waals surface area contributed by atoms with Crippen LogP contribution in [0, 0.1) is 0 Å². The number of nitrogens with one attached hydrogen (secondary N) is 1. The van der Waals surface area contributed by atoms with E-state index in [0.29, 0.717) is 13.0 Å². The molecule has 1 unspecified atom stereocenters. The van der Waals surface area contributed by atoms with Crippen LogP contribution in [0.3, 0.4) is 0 Å². The molecule has 1 amide bonds. The molecule has 1 aliphatic heterocycles. The van der Waals surface area contributed by atoms with Crippen molar-refractivity contribution in [1.29, 1.82) is 0 Å². The normalized spacial score (nSPS) is 19.1. The van der Waals surface area contributed by atoms with Crippen LogP contribution in [0.1, 0.15) is 18.0 Å². The van der Waals surface area contributed by atoms with Crippen molar-refractivity contribution >= 4 is 40.7 Å². The zero-order valence-electron chi connectivity index (χ0n) is 8.75. The first-order valence-electron chi connectivity index (χ1n) is 5.08. The van der Waals surface area contributed by atoms with E-state index in [1.165, 1.54) is 0 Å². The first-order chi connectivity index (χ1) is 7.98. The lowest BCUT2D eigenvalue weighted by molar-refractivity contribution is -0.121. The highest BCUT2D eigenvalue weighted by atomic mass is 35.6. The van der Waals surface area contributed by atoms with E-state index in [0.717, 1.165) is 11.3 Å². The number of amides is 1. The summed E-state index contributed by atoms with van der Waals surface area (Å²) in [5, 5.41) is 2.70. The predicted octanol–water partition coefficient (Wildman–Crippen LogP) is 3.00. The zero-order chi connectivity index (χ0) is 12.5. The number of para-hydroxylation sites is 1. The number of hydrogen-bond acceptors (Lipinski definition) is 2. The van der Waals surface area contributed by atoms with Crippen LogP contribution in [0.4, 0.5) is 0 Å². The summed E-state index contributed by atoms with van der Waals surface area (Å²) in [6, 6.07) is 7.31. The standard InChI is InChI=1S/C11H10Cl3NO2/c12-11(13,14)10(16)15-8-5-6-17-9-4-2-1-3-7(8)9/h1-4,8H,5-6H2,(H,15,16). The number of carbonyl (C=O) groups is 1. The topological polar surface area (TPSA) is 38.3 Å². The molecule has 1 aliphatic rings. The maximum atomic E-state index is 11.6. The van der Waals surface area contributed by atoms with Gasteiger partial charge in [-0.05, 0) is 6.07 Å².